The summed E-state index contributed by atoms with van der Waals surface area (Å²) in [4.78, 5) is 25.7. The zero-order valence-electron chi connectivity index (χ0n) is 23.4. The second-order valence-corrected chi connectivity index (χ2v) is 10.8. The molecule has 2 aromatic heterocycles. The monoisotopic (exact) mass is 553 g/mol. The number of nitrogens with zero attached hydrogens (tertiary/aromatic N) is 5. The molecule has 0 N–H and O–H groups in total. The summed E-state index contributed by atoms with van der Waals surface area (Å²) in [5.41, 5.74) is 3.68. The van der Waals surface area contributed by atoms with E-state index in [1.807, 2.05) is 24.3 Å². The Balaban J connectivity index is 1.43. The van der Waals surface area contributed by atoms with Crippen LogP contribution in [0.4, 0.5) is 15.9 Å². The Kier molecular flexibility index (Phi) is 7.10. The number of hydrogen-bond donors (Lipinski definition) is 0. The van der Waals surface area contributed by atoms with Crippen LogP contribution in [0.25, 0.3) is 15.9 Å². The lowest BCUT2D eigenvalue weighted by molar-refractivity contribution is 0.127. The number of ether oxygens (including phenoxy) is 2. The molecule has 0 radical (unpaired) electrons. The van der Waals surface area contributed by atoms with E-state index >= 15 is 0 Å². The van der Waals surface area contributed by atoms with Gasteiger partial charge in [0.05, 0.1) is 30.5 Å². The topological polar surface area (TPSA) is 64.2 Å². The van der Waals surface area contributed by atoms with Gasteiger partial charge in [0.1, 0.15) is 5.82 Å². The molecule has 9 heteroatoms. The van der Waals surface area contributed by atoms with Gasteiger partial charge in [-0.25, -0.2) is 4.39 Å². The maximum absolute atomic E-state index is 14.6. The average molecular weight is 554 g/mol. The minimum absolute atomic E-state index is 0.00479. The summed E-state index contributed by atoms with van der Waals surface area (Å²) in [7, 11) is 1.72. The standard InChI is InChI=1S/C32H32FN5O3/c1-20-19-38(21(2)18-37(20)26-17-29(39)36(4)25-12-13-28(34-3)35-30(25)26)31(22-8-5-9-23(33)16-22)24-10-6-11-27-32(24)41-15-7-14-40-27/h5-6,8-13,16-17,20-21,31H,7,14-15,18-19H2,1-2,4H3/t20-,21+,31?/m0/s1. The maximum atomic E-state index is 14.6. The van der Waals surface area contributed by atoms with Crippen LogP contribution in [-0.4, -0.2) is 52.8 Å². The van der Waals surface area contributed by atoms with Crippen LogP contribution in [0.1, 0.15) is 37.4 Å². The van der Waals surface area contributed by atoms with E-state index in [4.69, 9.17) is 16.0 Å². The van der Waals surface area contributed by atoms with Crippen LogP contribution in [0.3, 0.4) is 0 Å². The van der Waals surface area contributed by atoms with E-state index < -0.39 is 0 Å². The third kappa shape index (κ3) is 4.89. The van der Waals surface area contributed by atoms with E-state index in [2.05, 4.69) is 33.5 Å². The Labute approximate surface area is 238 Å². The van der Waals surface area contributed by atoms with Crippen molar-refractivity contribution in [2.24, 2.45) is 7.05 Å². The van der Waals surface area contributed by atoms with Crippen LogP contribution in [-0.2, 0) is 7.05 Å². The van der Waals surface area contributed by atoms with E-state index in [0.717, 1.165) is 23.2 Å². The highest BCUT2D eigenvalue weighted by molar-refractivity contribution is 5.89. The van der Waals surface area contributed by atoms with E-state index in [1.165, 1.54) is 6.07 Å². The Bertz CT molecular complexity index is 1710. The van der Waals surface area contributed by atoms with E-state index in [9.17, 15) is 9.18 Å². The van der Waals surface area contributed by atoms with Gasteiger partial charge in [0, 0.05) is 50.3 Å². The Morgan fingerprint density at radius 1 is 1.02 bits per heavy atom. The number of benzene rings is 2. The molecule has 4 aromatic rings. The molecule has 2 aromatic carbocycles. The number of aromatic nitrogens is 2. The second kappa shape index (κ2) is 10.9. The van der Waals surface area contributed by atoms with Gasteiger partial charge in [0.25, 0.3) is 11.4 Å². The molecule has 4 heterocycles. The molecule has 1 saturated heterocycles. The fraction of sp³-hybridized carbons (Fsp3) is 0.344. The van der Waals surface area contributed by atoms with Crippen molar-refractivity contribution in [2.75, 3.05) is 31.2 Å². The molecule has 0 spiro atoms. The number of para-hydroxylation sites is 1. The molecule has 41 heavy (non-hydrogen) atoms. The van der Waals surface area contributed by atoms with Crippen molar-refractivity contribution >= 4 is 22.5 Å². The highest BCUT2D eigenvalue weighted by Crippen LogP contribution is 2.43. The predicted octanol–water partition coefficient (Wildman–Crippen LogP) is 5.47. The fourth-order valence-corrected chi connectivity index (χ4v) is 6.09. The summed E-state index contributed by atoms with van der Waals surface area (Å²) in [6.45, 7) is 14.1. The normalized spacial score (nSPS) is 19.9. The SMILES string of the molecule is [C-]#[N+]c1ccc2c(n1)c(N1C[C@@H](C)N(C(c3cccc(F)c3)c3cccc4c3OCCCO4)C[C@@H]1C)cc(=O)n2C. The van der Waals surface area contributed by atoms with Crippen molar-refractivity contribution in [1.29, 1.82) is 0 Å². The van der Waals surface area contributed by atoms with Gasteiger partial charge >= 0.3 is 0 Å². The van der Waals surface area contributed by atoms with E-state index in [-0.39, 0.29) is 35.3 Å². The summed E-state index contributed by atoms with van der Waals surface area (Å²) >= 11 is 0. The summed E-state index contributed by atoms with van der Waals surface area (Å²) in [5, 5.41) is 0. The van der Waals surface area contributed by atoms with Crippen molar-refractivity contribution in [3.63, 3.8) is 0 Å². The molecule has 1 fully saturated rings. The minimum atomic E-state index is -0.292. The van der Waals surface area contributed by atoms with Crippen molar-refractivity contribution in [1.82, 2.24) is 14.5 Å². The average Bonchev–Trinajstić information content (AvgIpc) is 3.23. The van der Waals surface area contributed by atoms with Gasteiger partial charge in [-0.15, -0.1) is 4.98 Å². The quantitative estimate of drug-likeness (QED) is 0.312. The molecule has 1 unspecified atom stereocenters. The highest BCUT2D eigenvalue weighted by Gasteiger charge is 2.38. The molecule has 210 valence electrons. The number of rotatable bonds is 4. The Morgan fingerprint density at radius 3 is 2.63 bits per heavy atom. The number of halogens is 1. The van der Waals surface area contributed by atoms with Crippen molar-refractivity contribution in [3.8, 4) is 11.5 Å². The van der Waals surface area contributed by atoms with Crippen LogP contribution in [0.5, 0.6) is 11.5 Å². The van der Waals surface area contributed by atoms with E-state index in [1.54, 1.807) is 41.9 Å². The first kappa shape index (κ1) is 26.8. The summed E-state index contributed by atoms with van der Waals surface area (Å²) in [6, 6.07) is 17.4. The first-order chi connectivity index (χ1) is 19.9. The van der Waals surface area contributed by atoms with Crippen molar-refractivity contribution in [3.05, 3.63) is 99.4 Å². The summed E-state index contributed by atoms with van der Waals surface area (Å²) in [5.74, 6) is 1.40. The number of anilines is 1. The number of fused-ring (bicyclic) bond motifs is 2. The smallest absolute Gasteiger partial charge is 0.270 e. The van der Waals surface area contributed by atoms with Gasteiger partial charge in [0.15, 0.2) is 11.5 Å². The van der Waals surface area contributed by atoms with E-state index in [0.29, 0.717) is 48.8 Å². The lowest BCUT2D eigenvalue weighted by Crippen LogP contribution is -2.57. The fourth-order valence-electron chi connectivity index (χ4n) is 6.09. The summed E-state index contributed by atoms with van der Waals surface area (Å²) in [6.07, 6.45) is 0.790. The van der Waals surface area contributed by atoms with Crippen molar-refractivity contribution < 1.29 is 13.9 Å². The maximum Gasteiger partial charge on any atom is 0.270 e. The molecule has 8 nitrogen and oxygen atoms in total. The largest absolute Gasteiger partial charge is 0.490 e. The molecule has 2 aliphatic rings. The second-order valence-electron chi connectivity index (χ2n) is 10.8. The predicted molar refractivity (Wildman–Crippen MR) is 157 cm³/mol. The minimum Gasteiger partial charge on any atom is -0.490 e. The van der Waals surface area contributed by atoms with Gasteiger partial charge in [-0.05, 0) is 49.7 Å². The molecule has 3 atom stereocenters. The van der Waals surface area contributed by atoms with Gasteiger partial charge in [-0.3, -0.25) is 9.69 Å². The molecule has 0 aliphatic carbocycles. The van der Waals surface area contributed by atoms with Gasteiger partial charge in [-0.1, -0.05) is 30.8 Å². The number of hydrogen-bond acceptors (Lipinski definition) is 6. The third-order valence-corrected chi connectivity index (χ3v) is 8.10. The van der Waals surface area contributed by atoms with Crippen molar-refractivity contribution in [2.45, 2.75) is 38.4 Å². The van der Waals surface area contributed by atoms with Crippen LogP contribution in [0.15, 0.2) is 65.5 Å². The van der Waals surface area contributed by atoms with Gasteiger partial charge in [0.2, 0.25) is 5.52 Å². The van der Waals surface area contributed by atoms with Gasteiger partial charge in [-0.2, -0.15) is 0 Å². The summed E-state index contributed by atoms with van der Waals surface area (Å²) < 4.78 is 28.4. The van der Waals surface area contributed by atoms with Crippen LogP contribution < -0.4 is 19.9 Å². The molecular weight excluding hydrogens is 521 g/mol. The first-order valence-electron chi connectivity index (χ1n) is 13.9. The number of pyridine rings is 2. The highest BCUT2D eigenvalue weighted by atomic mass is 19.1. The third-order valence-electron chi connectivity index (χ3n) is 8.10. The first-order valence-corrected chi connectivity index (χ1v) is 13.9. The zero-order chi connectivity index (χ0) is 28.7. The Hall–Kier alpha value is -4.42. The molecule has 6 rings (SSSR count). The zero-order valence-corrected chi connectivity index (χ0v) is 23.4. The molecular formula is C32H32FN5O3. The van der Waals surface area contributed by atoms with Crippen LogP contribution in [0.2, 0.25) is 0 Å². The molecule has 0 saturated carbocycles. The lowest BCUT2D eigenvalue weighted by Gasteiger charge is -2.48. The molecule has 2 aliphatic heterocycles. The lowest BCUT2D eigenvalue weighted by atomic mass is 9.92. The van der Waals surface area contributed by atoms with Crippen LogP contribution >= 0.6 is 0 Å². The molecule has 0 amide bonds. The number of aryl methyl sites for hydroxylation is 1. The van der Waals surface area contributed by atoms with Crippen LogP contribution in [0, 0.1) is 12.4 Å². The van der Waals surface area contributed by atoms with Gasteiger partial charge < -0.3 is 23.8 Å². The Morgan fingerprint density at radius 2 is 1.83 bits per heavy atom. The molecule has 0 bridgehead atoms. The number of piperazine rings is 1.